The van der Waals surface area contributed by atoms with Crippen molar-refractivity contribution in [3.63, 3.8) is 0 Å². The number of nitrogens with two attached hydrogens (primary N) is 1. The quantitative estimate of drug-likeness (QED) is 0.852. The van der Waals surface area contributed by atoms with Crippen LogP contribution in [-0.2, 0) is 10.0 Å². The summed E-state index contributed by atoms with van der Waals surface area (Å²) in [7, 11) is -4.20. The molecule has 0 aromatic heterocycles. The average Bonchev–Trinajstić information content (AvgIpc) is 2.36. The maximum atomic E-state index is 13.9. The smallest absolute Gasteiger partial charge is 0.249 e. The standard InChI is InChI=1S/C13H19F2N3O2S/c1-3-17-4-5-18(8-9(17)2)21(19,20)13-11(14)6-10(16)7-12(13)15/h6-7,9H,3-5,8,16H2,1-2H3. The molecular weight excluding hydrogens is 300 g/mol. The van der Waals surface area contributed by atoms with Gasteiger partial charge in [-0.15, -0.1) is 0 Å². The first-order chi connectivity index (χ1) is 9.77. The monoisotopic (exact) mass is 319 g/mol. The fourth-order valence-electron chi connectivity index (χ4n) is 2.60. The maximum Gasteiger partial charge on any atom is 0.249 e. The zero-order valence-corrected chi connectivity index (χ0v) is 12.8. The SMILES string of the molecule is CCN1CCN(S(=O)(=O)c2c(F)cc(N)cc2F)CC1C. The van der Waals surface area contributed by atoms with Crippen LogP contribution >= 0.6 is 0 Å². The number of anilines is 1. The lowest BCUT2D eigenvalue weighted by Gasteiger charge is -2.38. The minimum atomic E-state index is -4.20. The zero-order valence-electron chi connectivity index (χ0n) is 12.0. The summed E-state index contributed by atoms with van der Waals surface area (Å²) in [5.41, 5.74) is 5.17. The maximum absolute atomic E-state index is 13.9. The molecule has 0 spiro atoms. The molecule has 0 radical (unpaired) electrons. The molecule has 0 saturated carbocycles. The van der Waals surface area contributed by atoms with E-state index in [1.807, 2.05) is 13.8 Å². The van der Waals surface area contributed by atoms with Gasteiger partial charge in [-0.2, -0.15) is 4.31 Å². The number of likely N-dealkylation sites (N-methyl/N-ethyl adjacent to an activating group) is 1. The predicted molar refractivity (Wildman–Crippen MR) is 76.2 cm³/mol. The van der Waals surface area contributed by atoms with Crippen molar-refractivity contribution in [3.05, 3.63) is 23.8 Å². The molecule has 5 nitrogen and oxygen atoms in total. The second kappa shape index (κ2) is 5.86. The molecule has 1 heterocycles. The lowest BCUT2D eigenvalue weighted by molar-refractivity contribution is 0.135. The third-order valence-corrected chi connectivity index (χ3v) is 5.67. The van der Waals surface area contributed by atoms with Crippen LogP contribution < -0.4 is 5.73 Å². The van der Waals surface area contributed by atoms with E-state index < -0.39 is 26.6 Å². The number of halogens is 2. The molecule has 1 aromatic rings. The minimum absolute atomic E-state index is 0.00145. The number of hydrogen-bond acceptors (Lipinski definition) is 4. The summed E-state index contributed by atoms with van der Waals surface area (Å²) >= 11 is 0. The summed E-state index contributed by atoms with van der Waals surface area (Å²) in [4.78, 5) is 1.19. The topological polar surface area (TPSA) is 66.6 Å². The van der Waals surface area contributed by atoms with Crippen LogP contribution in [0.1, 0.15) is 13.8 Å². The van der Waals surface area contributed by atoms with Crippen molar-refractivity contribution in [1.82, 2.24) is 9.21 Å². The summed E-state index contributed by atoms with van der Waals surface area (Å²) in [5.74, 6) is -2.31. The van der Waals surface area contributed by atoms with E-state index in [0.717, 1.165) is 23.0 Å². The first kappa shape index (κ1) is 16.1. The Kier molecular flexibility index (Phi) is 4.50. The summed E-state index contributed by atoms with van der Waals surface area (Å²) in [5, 5.41) is 0. The van der Waals surface area contributed by atoms with Crippen molar-refractivity contribution in [2.75, 3.05) is 31.9 Å². The van der Waals surface area contributed by atoms with Gasteiger partial charge in [0.15, 0.2) is 4.90 Å². The summed E-state index contributed by atoms with van der Waals surface area (Å²) in [6.07, 6.45) is 0. The van der Waals surface area contributed by atoms with E-state index in [1.165, 1.54) is 0 Å². The molecule has 1 aliphatic heterocycles. The fraction of sp³-hybridized carbons (Fsp3) is 0.538. The van der Waals surface area contributed by atoms with Gasteiger partial charge < -0.3 is 5.73 Å². The lowest BCUT2D eigenvalue weighted by Crippen LogP contribution is -2.53. The molecule has 1 aromatic carbocycles. The van der Waals surface area contributed by atoms with Crippen LogP contribution in [0, 0.1) is 11.6 Å². The molecule has 2 rings (SSSR count). The Hall–Kier alpha value is -1.25. The first-order valence-electron chi connectivity index (χ1n) is 6.76. The van der Waals surface area contributed by atoms with Gasteiger partial charge in [0.1, 0.15) is 11.6 Å². The third kappa shape index (κ3) is 3.02. The molecular formula is C13H19F2N3O2S. The average molecular weight is 319 g/mol. The van der Waals surface area contributed by atoms with E-state index in [0.29, 0.717) is 6.54 Å². The van der Waals surface area contributed by atoms with Gasteiger partial charge in [0.05, 0.1) is 0 Å². The van der Waals surface area contributed by atoms with Crippen LogP contribution in [0.5, 0.6) is 0 Å². The van der Waals surface area contributed by atoms with E-state index in [2.05, 4.69) is 4.90 Å². The molecule has 1 aliphatic rings. The molecule has 1 fully saturated rings. The molecule has 0 aliphatic carbocycles. The van der Waals surface area contributed by atoms with Gasteiger partial charge in [0, 0.05) is 31.4 Å². The van der Waals surface area contributed by atoms with Crippen LogP contribution in [-0.4, -0.2) is 49.8 Å². The van der Waals surface area contributed by atoms with Gasteiger partial charge in [0.2, 0.25) is 10.0 Å². The number of nitrogen functional groups attached to an aromatic ring is 1. The Morgan fingerprint density at radius 1 is 1.29 bits per heavy atom. The number of nitrogens with zero attached hydrogens (tertiary/aromatic N) is 2. The van der Waals surface area contributed by atoms with E-state index >= 15 is 0 Å². The molecule has 0 amide bonds. The Labute approximate surface area is 123 Å². The first-order valence-corrected chi connectivity index (χ1v) is 8.20. The number of hydrogen-bond donors (Lipinski definition) is 1. The zero-order chi connectivity index (χ0) is 15.8. The Morgan fingerprint density at radius 2 is 1.86 bits per heavy atom. The molecule has 2 N–H and O–H groups in total. The predicted octanol–water partition coefficient (Wildman–Crippen LogP) is 1.26. The fourth-order valence-corrected chi connectivity index (χ4v) is 4.21. The highest BCUT2D eigenvalue weighted by Crippen LogP contribution is 2.26. The van der Waals surface area contributed by atoms with E-state index in [1.54, 1.807) is 0 Å². The highest BCUT2D eigenvalue weighted by Gasteiger charge is 2.35. The van der Waals surface area contributed by atoms with Crippen molar-refractivity contribution in [2.24, 2.45) is 0 Å². The van der Waals surface area contributed by atoms with Crippen LogP contribution in [0.3, 0.4) is 0 Å². The number of sulfonamides is 1. The summed E-state index contributed by atoms with van der Waals surface area (Å²) in [6.45, 7) is 5.64. The summed E-state index contributed by atoms with van der Waals surface area (Å²) in [6, 6.07) is 1.64. The van der Waals surface area contributed by atoms with Gasteiger partial charge in [-0.05, 0) is 25.6 Å². The molecule has 21 heavy (non-hydrogen) atoms. The molecule has 1 saturated heterocycles. The number of rotatable bonds is 3. The highest BCUT2D eigenvalue weighted by molar-refractivity contribution is 7.89. The van der Waals surface area contributed by atoms with Crippen molar-refractivity contribution in [1.29, 1.82) is 0 Å². The molecule has 0 bridgehead atoms. The second-order valence-corrected chi connectivity index (χ2v) is 7.03. The van der Waals surface area contributed by atoms with Crippen molar-refractivity contribution >= 4 is 15.7 Å². The lowest BCUT2D eigenvalue weighted by atomic mass is 10.2. The van der Waals surface area contributed by atoms with Gasteiger partial charge in [-0.25, -0.2) is 17.2 Å². The van der Waals surface area contributed by atoms with Gasteiger partial charge in [0.25, 0.3) is 0 Å². The molecule has 1 atom stereocenters. The minimum Gasteiger partial charge on any atom is -0.399 e. The van der Waals surface area contributed by atoms with Gasteiger partial charge >= 0.3 is 0 Å². The molecule has 1 unspecified atom stereocenters. The van der Waals surface area contributed by atoms with Crippen LogP contribution in [0.15, 0.2) is 17.0 Å². The number of benzene rings is 1. The Morgan fingerprint density at radius 3 is 2.33 bits per heavy atom. The van der Waals surface area contributed by atoms with Crippen molar-refractivity contribution < 1.29 is 17.2 Å². The summed E-state index contributed by atoms with van der Waals surface area (Å²) < 4.78 is 53.8. The van der Waals surface area contributed by atoms with E-state index in [-0.39, 0.29) is 24.8 Å². The second-order valence-electron chi connectivity index (χ2n) is 5.15. The number of piperazine rings is 1. The van der Waals surface area contributed by atoms with Crippen LogP contribution in [0.25, 0.3) is 0 Å². The highest BCUT2D eigenvalue weighted by atomic mass is 32.2. The normalized spacial score (nSPS) is 21.6. The largest absolute Gasteiger partial charge is 0.399 e. The van der Waals surface area contributed by atoms with Crippen molar-refractivity contribution in [2.45, 2.75) is 24.8 Å². The van der Waals surface area contributed by atoms with Gasteiger partial charge in [-0.3, -0.25) is 4.90 Å². The third-order valence-electron chi connectivity index (χ3n) is 3.75. The Balaban J connectivity index is 2.36. The van der Waals surface area contributed by atoms with Crippen molar-refractivity contribution in [3.8, 4) is 0 Å². The van der Waals surface area contributed by atoms with Crippen LogP contribution in [0.2, 0.25) is 0 Å². The van der Waals surface area contributed by atoms with Gasteiger partial charge in [-0.1, -0.05) is 6.92 Å². The Bertz CT molecular complexity index is 613. The van der Waals surface area contributed by atoms with E-state index in [4.69, 9.17) is 5.73 Å². The van der Waals surface area contributed by atoms with Crippen LogP contribution in [0.4, 0.5) is 14.5 Å². The molecule has 118 valence electrons. The molecule has 8 heteroatoms. The van der Waals surface area contributed by atoms with E-state index in [9.17, 15) is 17.2 Å².